The highest BCUT2D eigenvalue weighted by atomic mass is 16.7. The molecule has 0 aliphatic rings. The predicted molar refractivity (Wildman–Crippen MR) is 88.4 cm³/mol. The molecule has 112 valence electrons. The van der Waals surface area contributed by atoms with Crippen molar-refractivity contribution in [2.45, 2.75) is 33.0 Å². The number of fused-ring (bicyclic) bond motifs is 1. The smallest absolute Gasteiger partial charge is 0.179 e. The Morgan fingerprint density at radius 1 is 1.00 bits per heavy atom. The molecule has 0 aliphatic heterocycles. The lowest BCUT2D eigenvalue weighted by Crippen LogP contribution is -2.19. The van der Waals surface area contributed by atoms with Crippen LogP contribution in [0.1, 0.15) is 25.8 Å². The van der Waals surface area contributed by atoms with Crippen LogP contribution < -0.4 is 0 Å². The summed E-state index contributed by atoms with van der Waals surface area (Å²) in [7, 11) is 0. The van der Waals surface area contributed by atoms with Crippen LogP contribution in [0.2, 0.25) is 0 Å². The van der Waals surface area contributed by atoms with E-state index in [1.165, 1.54) is 16.3 Å². The van der Waals surface area contributed by atoms with Gasteiger partial charge in [-0.2, -0.15) is 0 Å². The van der Waals surface area contributed by atoms with E-state index in [2.05, 4.69) is 49.0 Å². The summed E-state index contributed by atoms with van der Waals surface area (Å²) in [6.07, 6.45) is 1.56. The van der Waals surface area contributed by atoms with Crippen molar-refractivity contribution in [2.24, 2.45) is 0 Å². The lowest BCUT2D eigenvalue weighted by atomic mass is 10.0. The highest BCUT2D eigenvalue weighted by molar-refractivity contribution is 5.82. The van der Waals surface area contributed by atoms with Crippen molar-refractivity contribution in [2.75, 3.05) is 13.2 Å². The Bertz CT molecular complexity index is 583. The molecule has 2 aromatic rings. The van der Waals surface area contributed by atoms with Crippen molar-refractivity contribution >= 4 is 10.8 Å². The maximum absolute atomic E-state index is 5.58. The molecule has 0 N–H and O–H groups in total. The summed E-state index contributed by atoms with van der Waals surface area (Å²) >= 11 is 0. The Kier molecular flexibility index (Phi) is 5.97. The summed E-state index contributed by atoms with van der Waals surface area (Å²) in [6.45, 7) is 9.35. The van der Waals surface area contributed by atoms with Crippen LogP contribution in [0.4, 0.5) is 0 Å². The van der Waals surface area contributed by atoms with Crippen molar-refractivity contribution in [1.29, 1.82) is 0 Å². The SMILES string of the molecule is C=C(CCc1ccc2ccccc2c1)C(OCC)OCC. The Morgan fingerprint density at radius 2 is 1.67 bits per heavy atom. The molecule has 0 saturated heterocycles. The van der Waals surface area contributed by atoms with Crippen LogP contribution in [0.3, 0.4) is 0 Å². The third-order valence-corrected chi connectivity index (χ3v) is 3.52. The maximum atomic E-state index is 5.58. The van der Waals surface area contributed by atoms with Gasteiger partial charge in [0.25, 0.3) is 0 Å². The molecule has 0 fully saturated rings. The van der Waals surface area contributed by atoms with Gasteiger partial charge < -0.3 is 9.47 Å². The Hall–Kier alpha value is -1.64. The van der Waals surface area contributed by atoms with E-state index in [4.69, 9.17) is 9.47 Å². The van der Waals surface area contributed by atoms with Crippen LogP contribution in [0.15, 0.2) is 54.6 Å². The van der Waals surface area contributed by atoms with Crippen molar-refractivity contribution in [3.05, 3.63) is 60.2 Å². The van der Waals surface area contributed by atoms with E-state index in [1.54, 1.807) is 0 Å². The Labute approximate surface area is 127 Å². The zero-order chi connectivity index (χ0) is 15.1. The molecular formula is C19H24O2. The third kappa shape index (κ3) is 4.42. The number of rotatable bonds is 8. The monoisotopic (exact) mass is 284 g/mol. The molecule has 0 bridgehead atoms. The van der Waals surface area contributed by atoms with E-state index in [0.717, 1.165) is 18.4 Å². The molecular weight excluding hydrogens is 260 g/mol. The molecule has 21 heavy (non-hydrogen) atoms. The molecule has 0 unspecified atom stereocenters. The third-order valence-electron chi connectivity index (χ3n) is 3.52. The first-order chi connectivity index (χ1) is 10.2. The minimum absolute atomic E-state index is 0.277. The molecule has 0 amide bonds. The van der Waals surface area contributed by atoms with Gasteiger partial charge in [0.05, 0.1) is 0 Å². The first-order valence-electron chi connectivity index (χ1n) is 7.63. The Balaban J connectivity index is 1.98. The first-order valence-corrected chi connectivity index (χ1v) is 7.63. The van der Waals surface area contributed by atoms with Gasteiger partial charge in [0.15, 0.2) is 6.29 Å². The van der Waals surface area contributed by atoms with E-state index in [9.17, 15) is 0 Å². The fraction of sp³-hybridized carbons (Fsp3) is 0.368. The average molecular weight is 284 g/mol. The van der Waals surface area contributed by atoms with Gasteiger partial charge in [-0.3, -0.25) is 0 Å². The van der Waals surface area contributed by atoms with Crippen molar-refractivity contribution in [1.82, 2.24) is 0 Å². The van der Waals surface area contributed by atoms with E-state index in [-0.39, 0.29) is 6.29 Å². The fourth-order valence-corrected chi connectivity index (χ4v) is 2.40. The first kappa shape index (κ1) is 15.7. The Morgan fingerprint density at radius 3 is 2.33 bits per heavy atom. The second-order valence-corrected chi connectivity index (χ2v) is 5.08. The number of hydrogen-bond donors (Lipinski definition) is 0. The standard InChI is InChI=1S/C19H24O2/c1-4-20-19(21-5-2)15(3)10-11-16-12-13-17-8-6-7-9-18(17)14-16/h6-9,12-14,19H,3-5,10-11H2,1-2H3. The topological polar surface area (TPSA) is 18.5 Å². The van der Waals surface area contributed by atoms with Crippen LogP contribution in [-0.4, -0.2) is 19.5 Å². The van der Waals surface area contributed by atoms with Gasteiger partial charge in [-0.05, 0) is 48.6 Å². The van der Waals surface area contributed by atoms with Crippen LogP contribution >= 0.6 is 0 Å². The molecule has 2 aromatic carbocycles. The zero-order valence-electron chi connectivity index (χ0n) is 13.0. The summed E-state index contributed by atoms with van der Waals surface area (Å²) in [5.41, 5.74) is 2.33. The minimum Gasteiger partial charge on any atom is -0.349 e. The molecule has 0 heterocycles. The normalized spacial score (nSPS) is 11.2. The molecule has 0 saturated carbocycles. The summed E-state index contributed by atoms with van der Waals surface area (Å²) in [6, 6.07) is 15.0. The highest BCUT2D eigenvalue weighted by Crippen LogP contribution is 2.19. The number of aryl methyl sites for hydroxylation is 1. The maximum Gasteiger partial charge on any atom is 0.179 e. The second kappa shape index (κ2) is 7.96. The second-order valence-electron chi connectivity index (χ2n) is 5.08. The number of hydrogen-bond acceptors (Lipinski definition) is 2. The van der Waals surface area contributed by atoms with E-state index in [0.29, 0.717) is 13.2 Å². The van der Waals surface area contributed by atoms with E-state index in [1.807, 2.05) is 13.8 Å². The molecule has 0 spiro atoms. The molecule has 2 nitrogen and oxygen atoms in total. The highest BCUT2D eigenvalue weighted by Gasteiger charge is 2.12. The van der Waals surface area contributed by atoms with Gasteiger partial charge in [0.1, 0.15) is 0 Å². The molecule has 0 atom stereocenters. The van der Waals surface area contributed by atoms with Crippen LogP contribution in [0, 0.1) is 0 Å². The predicted octanol–water partition coefficient (Wildman–Crippen LogP) is 4.73. The van der Waals surface area contributed by atoms with Crippen LogP contribution in [-0.2, 0) is 15.9 Å². The number of benzene rings is 2. The van der Waals surface area contributed by atoms with Gasteiger partial charge >= 0.3 is 0 Å². The van der Waals surface area contributed by atoms with Crippen molar-refractivity contribution in [3.63, 3.8) is 0 Å². The van der Waals surface area contributed by atoms with Crippen molar-refractivity contribution < 1.29 is 9.47 Å². The zero-order valence-corrected chi connectivity index (χ0v) is 13.0. The largest absolute Gasteiger partial charge is 0.349 e. The lowest BCUT2D eigenvalue weighted by molar-refractivity contribution is -0.112. The quantitative estimate of drug-likeness (QED) is 0.515. The summed E-state index contributed by atoms with van der Waals surface area (Å²) in [5.74, 6) is 0. The molecule has 0 radical (unpaired) electrons. The lowest BCUT2D eigenvalue weighted by Gasteiger charge is -2.19. The van der Waals surface area contributed by atoms with Gasteiger partial charge in [0.2, 0.25) is 0 Å². The van der Waals surface area contributed by atoms with Crippen LogP contribution in [0.25, 0.3) is 10.8 Å². The molecule has 2 heteroatoms. The summed E-state index contributed by atoms with van der Waals surface area (Å²) in [5, 5.41) is 2.56. The van der Waals surface area contributed by atoms with Gasteiger partial charge in [-0.1, -0.05) is 49.0 Å². The minimum atomic E-state index is -0.277. The average Bonchev–Trinajstić information content (AvgIpc) is 2.52. The molecule has 0 aromatic heterocycles. The number of ether oxygens (including phenoxy) is 2. The summed E-state index contributed by atoms with van der Waals surface area (Å²) in [4.78, 5) is 0. The van der Waals surface area contributed by atoms with Gasteiger partial charge in [0, 0.05) is 13.2 Å². The van der Waals surface area contributed by atoms with Crippen molar-refractivity contribution in [3.8, 4) is 0 Å². The molecule has 0 aliphatic carbocycles. The van der Waals surface area contributed by atoms with E-state index >= 15 is 0 Å². The van der Waals surface area contributed by atoms with E-state index < -0.39 is 0 Å². The van der Waals surface area contributed by atoms with Gasteiger partial charge in [-0.25, -0.2) is 0 Å². The summed E-state index contributed by atoms with van der Waals surface area (Å²) < 4.78 is 11.2. The van der Waals surface area contributed by atoms with Gasteiger partial charge in [-0.15, -0.1) is 0 Å². The fourth-order valence-electron chi connectivity index (χ4n) is 2.40. The molecule has 2 rings (SSSR count). The van der Waals surface area contributed by atoms with Crippen LogP contribution in [0.5, 0.6) is 0 Å².